The van der Waals surface area contributed by atoms with Gasteiger partial charge in [-0.25, -0.2) is 0 Å². The van der Waals surface area contributed by atoms with Crippen LogP contribution in [-0.4, -0.2) is 15.4 Å². The Kier molecular flexibility index (Phi) is 42.2. The van der Waals surface area contributed by atoms with Crippen LogP contribution in [0.4, 0.5) is 0 Å². The zero-order valence-electron chi connectivity index (χ0n) is 7.98. The summed E-state index contributed by atoms with van der Waals surface area (Å²) in [5.41, 5.74) is 0. The van der Waals surface area contributed by atoms with Gasteiger partial charge in [-0.2, -0.15) is 0 Å². The number of halogens is 2. The van der Waals surface area contributed by atoms with Crippen LogP contribution in [0.25, 0.3) is 0 Å². The molecule has 0 aromatic carbocycles. The van der Waals surface area contributed by atoms with Gasteiger partial charge in [0.25, 0.3) is 0 Å². The van der Waals surface area contributed by atoms with Crippen molar-refractivity contribution in [1.82, 2.24) is 9.97 Å². The highest BCUT2D eigenvalue weighted by Crippen LogP contribution is 1.74. The molecule has 0 fully saturated rings. The molecule has 0 amide bonds. The summed E-state index contributed by atoms with van der Waals surface area (Å²) >= 11 is 0. The Morgan fingerprint density at radius 3 is 0.765 bits per heavy atom. The third-order valence-corrected chi connectivity index (χ3v) is 1.13. The second-order valence-corrected chi connectivity index (χ2v) is 2.05. The van der Waals surface area contributed by atoms with Crippen LogP contribution < -0.4 is 0 Å². The van der Waals surface area contributed by atoms with Gasteiger partial charge in [0, 0.05) is 24.8 Å². The molecule has 2 heterocycles. The lowest BCUT2D eigenvalue weighted by atomic mass is 10.5. The van der Waals surface area contributed by atoms with Crippen LogP contribution in [0.1, 0.15) is 14.9 Å². The van der Waals surface area contributed by atoms with Crippen molar-refractivity contribution in [2.75, 3.05) is 0 Å². The van der Waals surface area contributed by atoms with E-state index in [2.05, 4.69) is 9.97 Å². The first kappa shape index (κ1) is 29.7. The Hall–Kier alpha value is -1.16. The van der Waals surface area contributed by atoms with E-state index in [9.17, 15) is 0 Å². The molecule has 0 aliphatic carbocycles. The largest absolute Gasteiger partial charge is 0.412 e. The summed E-state index contributed by atoms with van der Waals surface area (Å²) in [4.78, 5) is 7.57. The predicted molar refractivity (Wildman–Crippen MR) is 80.0 cm³/mol. The van der Waals surface area contributed by atoms with E-state index in [1.807, 2.05) is 36.4 Å². The van der Waals surface area contributed by atoms with Gasteiger partial charge in [-0.15, -0.1) is 24.8 Å². The minimum atomic E-state index is 0. The number of pyridine rings is 2. The van der Waals surface area contributed by atoms with E-state index in [-0.39, 0.29) is 45.1 Å². The lowest BCUT2D eigenvalue weighted by Gasteiger charge is -1.70. The van der Waals surface area contributed by atoms with Crippen LogP contribution in [0.3, 0.4) is 0 Å². The van der Waals surface area contributed by atoms with E-state index in [1.165, 1.54) is 0 Å². The Morgan fingerprint density at radius 2 is 0.706 bits per heavy atom. The maximum absolute atomic E-state index is 3.78. The third kappa shape index (κ3) is 20.8. The lowest BCUT2D eigenvalue weighted by Crippen LogP contribution is -1.58. The van der Waals surface area contributed by atoms with E-state index >= 15 is 0 Å². The molecule has 2 aromatic heterocycles. The van der Waals surface area contributed by atoms with Crippen LogP contribution in [-0.2, 0) is 0 Å². The molecular weight excluding hydrogens is 259 g/mol. The fraction of sp³-hybridized carbons (Fsp3) is 0.167. The highest BCUT2D eigenvalue weighted by molar-refractivity contribution is 5.85. The average Bonchev–Trinajstić information content (AvgIpc) is 2.24. The molecular formula is C12H22Cl2N2O. The van der Waals surface area contributed by atoms with Gasteiger partial charge in [0.05, 0.1) is 0 Å². The number of hydrogen-bond acceptors (Lipinski definition) is 2. The number of aromatic nitrogens is 2. The normalized spacial score (nSPS) is 5.65. The third-order valence-electron chi connectivity index (χ3n) is 1.13. The summed E-state index contributed by atoms with van der Waals surface area (Å²) in [6.45, 7) is 0. The van der Waals surface area contributed by atoms with E-state index in [0.29, 0.717) is 0 Å². The van der Waals surface area contributed by atoms with Crippen molar-refractivity contribution in [1.29, 1.82) is 0 Å². The molecule has 3 nitrogen and oxygen atoms in total. The van der Waals surface area contributed by atoms with E-state index in [1.54, 1.807) is 24.8 Å². The molecule has 0 aliphatic heterocycles. The van der Waals surface area contributed by atoms with Crippen LogP contribution >= 0.6 is 24.8 Å². The molecule has 5 heteroatoms. The smallest absolute Gasteiger partial charge is 0.0267 e. The topological polar surface area (TPSA) is 57.3 Å². The van der Waals surface area contributed by atoms with Crippen molar-refractivity contribution in [3.05, 3.63) is 61.2 Å². The van der Waals surface area contributed by atoms with Crippen molar-refractivity contribution in [2.24, 2.45) is 0 Å². The Bertz CT molecular complexity index is 198. The Labute approximate surface area is 116 Å². The summed E-state index contributed by atoms with van der Waals surface area (Å²) in [5, 5.41) is 0. The molecule has 17 heavy (non-hydrogen) atoms. The molecule has 2 N–H and O–H groups in total. The minimum absolute atomic E-state index is 0. The van der Waals surface area contributed by atoms with Gasteiger partial charge in [-0.05, 0) is 24.3 Å². The van der Waals surface area contributed by atoms with Crippen molar-refractivity contribution in [3.8, 4) is 0 Å². The van der Waals surface area contributed by atoms with Gasteiger partial charge in [0.2, 0.25) is 0 Å². The summed E-state index contributed by atoms with van der Waals surface area (Å²) in [7, 11) is 0. The maximum Gasteiger partial charge on any atom is 0.0267 e. The van der Waals surface area contributed by atoms with Gasteiger partial charge in [-0.1, -0.05) is 27.0 Å². The van der Waals surface area contributed by atoms with Crippen LogP contribution in [0.2, 0.25) is 0 Å². The molecule has 2 rings (SSSR count). The first-order valence-corrected chi connectivity index (χ1v) is 3.70. The van der Waals surface area contributed by atoms with Gasteiger partial charge < -0.3 is 5.48 Å². The standard InChI is InChI=1S/2C5H5N.2CH4.2ClH.H2O/c2*1-2-4-6-5-3-1;;;;;/h2*1-5H;2*1H4;2*1H;1H2. The lowest BCUT2D eigenvalue weighted by molar-refractivity contribution is 0.824. The highest BCUT2D eigenvalue weighted by atomic mass is 35.5. The highest BCUT2D eigenvalue weighted by Gasteiger charge is 1.59. The molecule has 0 radical (unpaired) electrons. The number of nitrogens with zero attached hydrogens (tertiary/aromatic N) is 2. The van der Waals surface area contributed by atoms with Crippen molar-refractivity contribution in [2.45, 2.75) is 14.9 Å². The van der Waals surface area contributed by atoms with Crippen LogP contribution in [0, 0.1) is 0 Å². The van der Waals surface area contributed by atoms with Crippen LogP contribution in [0.15, 0.2) is 61.2 Å². The molecule has 0 aliphatic rings. The molecule has 0 unspecified atom stereocenters. The van der Waals surface area contributed by atoms with Crippen molar-refractivity contribution < 1.29 is 5.48 Å². The molecule has 2 aromatic rings. The average molecular weight is 281 g/mol. The zero-order chi connectivity index (χ0) is 8.49. The summed E-state index contributed by atoms with van der Waals surface area (Å²) in [5.74, 6) is 0. The molecule has 0 spiro atoms. The van der Waals surface area contributed by atoms with Crippen molar-refractivity contribution in [3.63, 3.8) is 0 Å². The fourth-order valence-electron chi connectivity index (χ4n) is 0.625. The molecule has 0 atom stereocenters. The Morgan fingerprint density at radius 1 is 0.471 bits per heavy atom. The molecule has 0 bridgehead atoms. The fourth-order valence-corrected chi connectivity index (χ4v) is 0.625. The first-order valence-electron chi connectivity index (χ1n) is 3.70. The molecule has 0 saturated heterocycles. The van der Waals surface area contributed by atoms with Gasteiger partial charge in [0.15, 0.2) is 0 Å². The van der Waals surface area contributed by atoms with E-state index in [4.69, 9.17) is 0 Å². The molecule has 0 saturated carbocycles. The second-order valence-electron chi connectivity index (χ2n) is 2.05. The quantitative estimate of drug-likeness (QED) is 0.742. The molecule has 100 valence electrons. The predicted octanol–water partition coefficient (Wildman–Crippen LogP) is 3.45. The van der Waals surface area contributed by atoms with E-state index in [0.717, 1.165) is 0 Å². The summed E-state index contributed by atoms with van der Waals surface area (Å²) < 4.78 is 0. The number of rotatable bonds is 0. The van der Waals surface area contributed by atoms with Crippen molar-refractivity contribution >= 4 is 24.8 Å². The maximum atomic E-state index is 3.78. The Balaban J connectivity index is -0.0000000436. The number of hydrogen-bond donors (Lipinski definition) is 0. The van der Waals surface area contributed by atoms with Gasteiger partial charge >= 0.3 is 0 Å². The van der Waals surface area contributed by atoms with E-state index < -0.39 is 0 Å². The first-order chi connectivity index (χ1) is 6.00. The summed E-state index contributed by atoms with van der Waals surface area (Å²) in [6, 6.07) is 11.4. The minimum Gasteiger partial charge on any atom is -0.412 e. The van der Waals surface area contributed by atoms with Gasteiger partial charge in [0.1, 0.15) is 0 Å². The summed E-state index contributed by atoms with van der Waals surface area (Å²) in [6.07, 6.45) is 7.00. The second kappa shape index (κ2) is 24.2. The zero-order valence-corrected chi connectivity index (χ0v) is 9.62. The SMILES string of the molecule is C.C.Cl.Cl.O.c1ccncc1.c1ccncc1. The van der Waals surface area contributed by atoms with Gasteiger partial charge in [-0.3, -0.25) is 9.97 Å². The monoisotopic (exact) mass is 280 g/mol. The van der Waals surface area contributed by atoms with Crippen LogP contribution in [0.5, 0.6) is 0 Å².